The fraction of sp³-hybridized carbons (Fsp3) is 0.714. The van der Waals surface area contributed by atoms with Crippen LogP contribution >= 0.6 is 11.3 Å². The van der Waals surface area contributed by atoms with Gasteiger partial charge in [0.25, 0.3) is 0 Å². The summed E-state index contributed by atoms with van der Waals surface area (Å²) in [5.41, 5.74) is 1.05. The van der Waals surface area contributed by atoms with Crippen molar-refractivity contribution < 1.29 is 4.79 Å². The highest BCUT2D eigenvalue weighted by molar-refractivity contribution is 7.09. The Balaban J connectivity index is 1.58. The number of rotatable bonds is 6. The van der Waals surface area contributed by atoms with Crippen LogP contribution in [0, 0.1) is 6.92 Å². The molecule has 2 amide bonds. The first-order valence-electron chi connectivity index (χ1n) is 7.32. The van der Waals surface area contributed by atoms with Crippen molar-refractivity contribution in [3.8, 4) is 0 Å². The first-order valence-corrected chi connectivity index (χ1v) is 8.20. The van der Waals surface area contributed by atoms with Gasteiger partial charge >= 0.3 is 6.03 Å². The maximum Gasteiger partial charge on any atom is 0.314 e. The Labute approximate surface area is 124 Å². The van der Waals surface area contributed by atoms with E-state index in [0.717, 1.165) is 30.2 Å². The molecule has 5 nitrogen and oxygen atoms in total. The molecule has 112 valence electrons. The lowest BCUT2D eigenvalue weighted by molar-refractivity contribution is 0.226. The number of nitrogens with zero attached hydrogens (tertiary/aromatic N) is 2. The lowest BCUT2D eigenvalue weighted by Crippen LogP contribution is -2.44. The van der Waals surface area contributed by atoms with E-state index in [1.54, 1.807) is 11.3 Å². The molecule has 0 aromatic carbocycles. The van der Waals surface area contributed by atoms with Gasteiger partial charge < -0.3 is 10.6 Å². The second-order valence-electron chi connectivity index (χ2n) is 5.34. The maximum atomic E-state index is 11.7. The molecule has 6 heteroatoms. The third-order valence-electron chi connectivity index (χ3n) is 3.66. The highest BCUT2D eigenvalue weighted by Crippen LogP contribution is 2.10. The van der Waals surface area contributed by atoms with E-state index in [2.05, 4.69) is 27.4 Å². The number of carbonyl (C=O) groups excluding carboxylic acids is 1. The zero-order valence-electron chi connectivity index (χ0n) is 12.3. The van der Waals surface area contributed by atoms with Gasteiger partial charge in [-0.2, -0.15) is 0 Å². The molecule has 0 radical (unpaired) electrons. The SMILES string of the molecule is Cc1nc(CCNC(=O)NC[C@@H](C)N2CCCC2)cs1. The van der Waals surface area contributed by atoms with E-state index in [1.807, 2.05) is 12.3 Å². The van der Waals surface area contributed by atoms with Gasteiger partial charge in [0.2, 0.25) is 0 Å². The van der Waals surface area contributed by atoms with Crippen LogP contribution < -0.4 is 10.6 Å². The Morgan fingerprint density at radius 1 is 1.45 bits per heavy atom. The molecule has 0 spiro atoms. The number of carbonyl (C=O) groups is 1. The molecule has 1 aromatic rings. The number of aromatic nitrogens is 1. The Hall–Kier alpha value is -1.14. The quantitative estimate of drug-likeness (QED) is 0.841. The van der Waals surface area contributed by atoms with Gasteiger partial charge in [0.15, 0.2) is 0 Å². The summed E-state index contributed by atoms with van der Waals surface area (Å²) in [6.07, 6.45) is 3.35. The van der Waals surface area contributed by atoms with Crippen LogP contribution in [-0.2, 0) is 6.42 Å². The number of amides is 2. The first kappa shape index (κ1) is 15.3. The van der Waals surface area contributed by atoms with Gasteiger partial charge in [0.05, 0.1) is 10.7 Å². The number of nitrogens with one attached hydrogen (secondary N) is 2. The van der Waals surface area contributed by atoms with Crippen LogP contribution in [0.3, 0.4) is 0 Å². The molecule has 1 atom stereocenters. The zero-order chi connectivity index (χ0) is 14.4. The predicted octanol–water partition coefficient (Wildman–Crippen LogP) is 1.78. The number of thiazole rings is 1. The molecule has 20 heavy (non-hydrogen) atoms. The summed E-state index contributed by atoms with van der Waals surface area (Å²) in [4.78, 5) is 18.5. The first-order chi connectivity index (χ1) is 9.65. The minimum absolute atomic E-state index is 0.0806. The summed E-state index contributed by atoms with van der Waals surface area (Å²) in [6.45, 7) is 7.83. The molecule has 2 N–H and O–H groups in total. The van der Waals surface area contributed by atoms with Crippen molar-refractivity contribution >= 4 is 17.4 Å². The number of likely N-dealkylation sites (tertiary alicyclic amines) is 1. The summed E-state index contributed by atoms with van der Waals surface area (Å²) in [5, 5.41) is 8.94. The van der Waals surface area contributed by atoms with Crippen molar-refractivity contribution in [3.05, 3.63) is 16.1 Å². The molecular weight excluding hydrogens is 272 g/mol. The Morgan fingerprint density at radius 2 is 2.20 bits per heavy atom. The summed E-state index contributed by atoms with van der Waals surface area (Å²) in [7, 11) is 0. The fourth-order valence-electron chi connectivity index (χ4n) is 2.44. The molecule has 0 aliphatic carbocycles. The van der Waals surface area contributed by atoms with E-state index in [9.17, 15) is 4.79 Å². The molecular formula is C14H24N4OS. The van der Waals surface area contributed by atoms with Gasteiger partial charge in [-0.05, 0) is 39.8 Å². The molecule has 2 rings (SSSR count). The number of hydrogen-bond donors (Lipinski definition) is 2. The van der Waals surface area contributed by atoms with Gasteiger partial charge in [0.1, 0.15) is 0 Å². The summed E-state index contributed by atoms with van der Waals surface area (Å²) in [6, 6.07) is 0.340. The van der Waals surface area contributed by atoms with Gasteiger partial charge in [-0.15, -0.1) is 11.3 Å². The molecule has 1 aliphatic heterocycles. The standard InChI is InChI=1S/C14H24N4OS/c1-11(18-7-3-4-8-18)9-16-14(19)15-6-5-13-10-20-12(2)17-13/h10-11H,3-9H2,1-2H3,(H2,15,16,19)/t11-/m1/s1. The van der Waals surface area contributed by atoms with E-state index in [4.69, 9.17) is 0 Å². The van der Waals surface area contributed by atoms with Crippen LogP contribution in [0.1, 0.15) is 30.5 Å². The highest BCUT2D eigenvalue weighted by Gasteiger charge is 2.18. The minimum Gasteiger partial charge on any atom is -0.338 e. The van der Waals surface area contributed by atoms with Crippen LogP contribution in [0.4, 0.5) is 4.79 Å². The molecule has 1 fully saturated rings. The smallest absolute Gasteiger partial charge is 0.314 e. The second-order valence-corrected chi connectivity index (χ2v) is 6.40. The third kappa shape index (κ3) is 4.76. The third-order valence-corrected chi connectivity index (χ3v) is 4.48. The molecule has 1 aliphatic rings. The van der Waals surface area contributed by atoms with Gasteiger partial charge in [-0.3, -0.25) is 4.90 Å². The average Bonchev–Trinajstić information content (AvgIpc) is 3.07. The number of aryl methyl sites for hydroxylation is 1. The molecule has 0 unspecified atom stereocenters. The minimum atomic E-state index is -0.0806. The number of urea groups is 1. The van der Waals surface area contributed by atoms with E-state index in [0.29, 0.717) is 19.1 Å². The zero-order valence-corrected chi connectivity index (χ0v) is 13.1. The van der Waals surface area contributed by atoms with Crippen LogP contribution in [0.15, 0.2) is 5.38 Å². The largest absolute Gasteiger partial charge is 0.338 e. The van der Waals surface area contributed by atoms with Gasteiger partial charge in [-0.25, -0.2) is 9.78 Å². The van der Waals surface area contributed by atoms with Gasteiger partial charge in [0, 0.05) is 30.9 Å². The summed E-state index contributed by atoms with van der Waals surface area (Å²) < 4.78 is 0. The van der Waals surface area contributed by atoms with Crippen LogP contribution in [-0.4, -0.2) is 48.1 Å². The van der Waals surface area contributed by atoms with Crippen molar-refractivity contribution in [3.63, 3.8) is 0 Å². The molecule has 0 saturated carbocycles. The lowest BCUT2D eigenvalue weighted by Gasteiger charge is -2.23. The van der Waals surface area contributed by atoms with E-state index in [-0.39, 0.29) is 6.03 Å². The second kappa shape index (κ2) is 7.59. The van der Waals surface area contributed by atoms with Crippen molar-refractivity contribution in [1.82, 2.24) is 20.5 Å². The Bertz CT molecular complexity index is 429. The topological polar surface area (TPSA) is 57.3 Å². The summed E-state index contributed by atoms with van der Waals surface area (Å²) in [5.74, 6) is 0. The summed E-state index contributed by atoms with van der Waals surface area (Å²) >= 11 is 1.65. The van der Waals surface area contributed by atoms with Gasteiger partial charge in [-0.1, -0.05) is 0 Å². The van der Waals surface area contributed by atoms with Crippen LogP contribution in [0.2, 0.25) is 0 Å². The Kier molecular flexibility index (Phi) is 5.79. The molecule has 1 saturated heterocycles. The monoisotopic (exact) mass is 296 g/mol. The fourth-order valence-corrected chi connectivity index (χ4v) is 3.09. The van der Waals surface area contributed by atoms with E-state index in [1.165, 1.54) is 12.8 Å². The normalized spacial score (nSPS) is 17.1. The molecule has 2 heterocycles. The van der Waals surface area contributed by atoms with Crippen LogP contribution in [0.25, 0.3) is 0 Å². The van der Waals surface area contributed by atoms with E-state index >= 15 is 0 Å². The van der Waals surface area contributed by atoms with Crippen LogP contribution in [0.5, 0.6) is 0 Å². The highest BCUT2D eigenvalue weighted by atomic mass is 32.1. The molecule has 1 aromatic heterocycles. The molecule has 0 bridgehead atoms. The average molecular weight is 296 g/mol. The van der Waals surface area contributed by atoms with Crippen molar-refractivity contribution in [2.45, 2.75) is 39.2 Å². The van der Waals surface area contributed by atoms with E-state index < -0.39 is 0 Å². The van der Waals surface area contributed by atoms with Crippen molar-refractivity contribution in [1.29, 1.82) is 0 Å². The van der Waals surface area contributed by atoms with Crippen molar-refractivity contribution in [2.75, 3.05) is 26.2 Å². The Morgan fingerprint density at radius 3 is 2.85 bits per heavy atom. The lowest BCUT2D eigenvalue weighted by atomic mass is 10.3. The maximum absolute atomic E-state index is 11.7. The number of hydrogen-bond acceptors (Lipinski definition) is 4. The predicted molar refractivity (Wildman–Crippen MR) is 82.2 cm³/mol. The van der Waals surface area contributed by atoms with Crippen molar-refractivity contribution in [2.24, 2.45) is 0 Å².